The quantitative estimate of drug-likeness (QED) is 0.849. The van der Waals surface area contributed by atoms with Crippen molar-refractivity contribution in [1.82, 2.24) is 4.90 Å². The van der Waals surface area contributed by atoms with Crippen LogP contribution in [0, 0.1) is 0 Å². The van der Waals surface area contributed by atoms with Crippen LogP contribution < -0.4 is 5.73 Å². The fourth-order valence-electron chi connectivity index (χ4n) is 2.53. The predicted octanol–water partition coefficient (Wildman–Crippen LogP) is 3.19. The third kappa shape index (κ3) is 3.38. The van der Waals surface area contributed by atoms with Gasteiger partial charge >= 0.3 is 0 Å². The number of amides is 1. The number of halogens is 1. The van der Waals surface area contributed by atoms with Gasteiger partial charge in [-0.25, -0.2) is 0 Å². The molecule has 1 aliphatic carbocycles. The first-order chi connectivity index (χ1) is 9.05. The van der Waals surface area contributed by atoms with Crippen LogP contribution in [0.3, 0.4) is 0 Å². The molecule has 1 aliphatic rings. The zero-order valence-corrected chi connectivity index (χ0v) is 12.5. The Balaban J connectivity index is 2.10. The van der Waals surface area contributed by atoms with Gasteiger partial charge in [-0.15, -0.1) is 17.9 Å². The summed E-state index contributed by atoms with van der Waals surface area (Å²) < 4.78 is 0.740. The Morgan fingerprint density at radius 1 is 1.53 bits per heavy atom. The van der Waals surface area contributed by atoms with Gasteiger partial charge in [0.15, 0.2) is 0 Å². The number of rotatable bonds is 5. The zero-order valence-electron chi connectivity index (χ0n) is 10.9. The largest absolute Gasteiger partial charge is 0.332 e. The van der Waals surface area contributed by atoms with E-state index in [-0.39, 0.29) is 5.91 Å². The Hall–Kier alpha value is -0.840. The molecule has 1 fully saturated rings. The molecule has 1 amide bonds. The molecular formula is C14H19ClN2OS. The van der Waals surface area contributed by atoms with E-state index in [0.717, 1.165) is 34.9 Å². The molecule has 0 bridgehead atoms. The van der Waals surface area contributed by atoms with E-state index in [1.54, 1.807) is 11.0 Å². The van der Waals surface area contributed by atoms with E-state index in [0.29, 0.717) is 13.1 Å². The molecule has 2 N–H and O–H groups in total. The summed E-state index contributed by atoms with van der Waals surface area (Å²) in [6.45, 7) is 4.80. The minimum absolute atomic E-state index is 0.0365. The number of thiophene rings is 1. The second-order valence-corrected chi connectivity index (χ2v) is 6.84. The van der Waals surface area contributed by atoms with E-state index in [4.69, 9.17) is 17.3 Å². The van der Waals surface area contributed by atoms with Crippen molar-refractivity contribution in [3.05, 3.63) is 34.0 Å². The van der Waals surface area contributed by atoms with Crippen LogP contribution in [0.2, 0.25) is 4.34 Å². The molecule has 19 heavy (non-hydrogen) atoms. The number of nitrogens with zero attached hydrogens (tertiary/aromatic N) is 1. The molecule has 0 aliphatic heterocycles. The van der Waals surface area contributed by atoms with Crippen LogP contribution in [-0.2, 0) is 11.3 Å². The Kier molecular flexibility index (Phi) is 4.66. The maximum absolute atomic E-state index is 12.6. The topological polar surface area (TPSA) is 46.3 Å². The van der Waals surface area contributed by atoms with Crippen molar-refractivity contribution in [1.29, 1.82) is 0 Å². The first kappa shape index (κ1) is 14.6. The summed E-state index contributed by atoms with van der Waals surface area (Å²) >= 11 is 7.42. The molecule has 0 saturated heterocycles. The summed E-state index contributed by atoms with van der Waals surface area (Å²) in [5, 5.41) is 0. The van der Waals surface area contributed by atoms with Gasteiger partial charge in [0.1, 0.15) is 0 Å². The van der Waals surface area contributed by atoms with Gasteiger partial charge in [0.05, 0.1) is 16.4 Å². The summed E-state index contributed by atoms with van der Waals surface area (Å²) in [5.41, 5.74) is 5.57. The lowest BCUT2D eigenvalue weighted by atomic mass is 9.97. The number of hydrogen-bond donors (Lipinski definition) is 1. The number of carbonyl (C=O) groups excluding carboxylic acids is 1. The maximum Gasteiger partial charge on any atom is 0.243 e. The first-order valence-corrected chi connectivity index (χ1v) is 7.68. The minimum atomic E-state index is -0.677. The zero-order chi connectivity index (χ0) is 13.9. The molecule has 104 valence electrons. The molecule has 0 unspecified atom stereocenters. The molecule has 0 radical (unpaired) electrons. The summed E-state index contributed by atoms with van der Waals surface area (Å²) in [6, 6.07) is 3.81. The van der Waals surface area contributed by atoms with Gasteiger partial charge in [0.25, 0.3) is 0 Å². The van der Waals surface area contributed by atoms with Crippen molar-refractivity contribution in [3.8, 4) is 0 Å². The van der Waals surface area contributed by atoms with Crippen LogP contribution in [0.25, 0.3) is 0 Å². The Bertz CT molecular complexity index is 466. The minimum Gasteiger partial charge on any atom is -0.332 e. The van der Waals surface area contributed by atoms with Gasteiger partial charge in [-0.2, -0.15) is 0 Å². The molecule has 2 rings (SSSR count). The van der Waals surface area contributed by atoms with Gasteiger partial charge < -0.3 is 10.6 Å². The summed E-state index contributed by atoms with van der Waals surface area (Å²) in [6.07, 6.45) is 5.38. The van der Waals surface area contributed by atoms with Gasteiger partial charge in [-0.05, 0) is 25.0 Å². The number of hydrogen-bond acceptors (Lipinski definition) is 3. The monoisotopic (exact) mass is 298 g/mol. The van der Waals surface area contributed by atoms with Crippen molar-refractivity contribution in [2.45, 2.75) is 37.8 Å². The van der Waals surface area contributed by atoms with E-state index in [2.05, 4.69) is 6.58 Å². The third-order valence-electron chi connectivity index (χ3n) is 3.53. The first-order valence-electron chi connectivity index (χ1n) is 6.48. The molecule has 1 aromatic heterocycles. The second kappa shape index (κ2) is 6.07. The Morgan fingerprint density at radius 3 is 2.74 bits per heavy atom. The van der Waals surface area contributed by atoms with Crippen molar-refractivity contribution in [3.63, 3.8) is 0 Å². The molecule has 0 aromatic carbocycles. The van der Waals surface area contributed by atoms with Gasteiger partial charge in [0, 0.05) is 11.4 Å². The SMILES string of the molecule is C=CCN(Cc1ccc(Cl)s1)C(=O)C1(N)CCCC1. The molecule has 1 saturated carbocycles. The van der Waals surface area contributed by atoms with E-state index in [1.807, 2.05) is 12.1 Å². The third-order valence-corrected chi connectivity index (χ3v) is 4.75. The highest BCUT2D eigenvalue weighted by Crippen LogP contribution is 2.30. The molecule has 0 spiro atoms. The highest BCUT2D eigenvalue weighted by Gasteiger charge is 2.39. The lowest BCUT2D eigenvalue weighted by molar-refractivity contribution is -0.136. The van der Waals surface area contributed by atoms with Crippen molar-refractivity contribution in [2.24, 2.45) is 5.73 Å². The van der Waals surface area contributed by atoms with Crippen LogP contribution in [-0.4, -0.2) is 22.9 Å². The molecule has 1 aromatic rings. The molecule has 5 heteroatoms. The molecular weight excluding hydrogens is 280 g/mol. The standard InChI is InChI=1S/C14H19ClN2OS/c1-2-9-17(10-11-5-6-12(15)19-11)13(18)14(16)7-3-4-8-14/h2,5-6H,1,3-4,7-10,16H2. The molecule has 1 heterocycles. The van der Waals surface area contributed by atoms with Crippen molar-refractivity contribution in [2.75, 3.05) is 6.54 Å². The fourth-order valence-corrected chi connectivity index (χ4v) is 3.64. The molecule has 3 nitrogen and oxygen atoms in total. The van der Waals surface area contributed by atoms with Crippen LogP contribution in [0.1, 0.15) is 30.6 Å². The Labute approximate surface area is 123 Å². The van der Waals surface area contributed by atoms with Crippen LogP contribution >= 0.6 is 22.9 Å². The normalized spacial score (nSPS) is 17.4. The van der Waals surface area contributed by atoms with Crippen LogP contribution in [0.15, 0.2) is 24.8 Å². The lowest BCUT2D eigenvalue weighted by Gasteiger charge is -2.30. The van der Waals surface area contributed by atoms with E-state index in [1.165, 1.54) is 11.3 Å². The number of carbonyl (C=O) groups is 1. The highest BCUT2D eigenvalue weighted by molar-refractivity contribution is 7.16. The fraction of sp³-hybridized carbons (Fsp3) is 0.500. The maximum atomic E-state index is 12.6. The van der Waals surface area contributed by atoms with E-state index < -0.39 is 5.54 Å². The summed E-state index contributed by atoms with van der Waals surface area (Å²) in [5.74, 6) is 0.0365. The Morgan fingerprint density at radius 2 is 2.21 bits per heavy atom. The van der Waals surface area contributed by atoms with Gasteiger partial charge in [0.2, 0.25) is 5.91 Å². The average molecular weight is 299 g/mol. The number of nitrogens with two attached hydrogens (primary N) is 1. The highest BCUT2D eigenvalue weighted by atomic mass is 35.5. The van der Waals surface area contributed by atoms with Crippen LogP contribution in [0.5, 0.6) is 0 Å². The average Bonchev–Trinajstić information content (AvgIpc) is 2.98. The van der Waals surface area contributed by atoms with Crippen molar-refractivity contribution < 1.29 is 4.79 Å². The van der Waals surface area contributed by atoms with Crippen LogP contribution in [0.4, 0.5) is 0 Å². The smallest absolute Gasteiger partial charge is 0.243 e. The predicted molar refractivity (Wildman–Crippen MR) is 80.3 cm³/mol. The lowest BCUT2D eigenvalue weighted by Crippen LogP contribution is -2.53. The summed E-state index contributed by atoms with van der Waals surface area (Å²) in [4.78, 5) is 15.4. The van der Waals surface area contributed by atoms with Crippen molar-refractivity contribution >= 4 is 28.8 Å². The van der Waals surface area contributed by atoms with E-state index in [9.17, 15) is 4.79 Å². The van der Waals surface area contributed by atoms with E-state index >= 15 is 0 Å². The van der Waals surface area contributed by atoms with Gasteiger partial charge in [-0.1, -0.05) is 30.5 Å². The second-order valence-electron chi connectivity index (χ2n) is 5.04. The van der Waals surface area contributed by atoms with Gasteiger partial charge in [-0.3, -0.25) is 4.79 Å². The molecule has 0 atom stereocenters. The summed E-state index contributed by atoms with van der Waals surface area (Å²) in [7, 11) is 0.